The van der Waals surface area contributed by atoms with Crippen LogP contribution in [0.3, 0.4) is 0 Å². The maximum atomic E-state index is 8.70. The second kappa shape index (κ2) is 14.8. The molecule has 0 unspecified atom stereocenters. The summed E-state index contributed by atoms with van der Waals surface area (Å²) in [6.45, 7) is 14.4. The van der Waals surface area contributed by atoms with Crippen molar-refractivity contribution in [1.82, 2.24) is 9.97 Å². The van der Waals surface area contributed by atoms with Gasteiger partial charge in [-0.3, -0.25) is 0 Å². The van der Waals surface area contributed by atoms with Gasteiger partial charge in [-0.1, -0.05) is 83.1 Å². The average Bonchev–Trinajstić information content (AvgIpc) is 3.47. The molecule has 0 aliphatic carbocycles. The van der Waals surface area contributed by atoms with Crippen LogP contribution in [0.5, 0.6) is 5.75 Å². The number of fused-ring (bicyclic) bond motifs is 5. The molecule has 0 amide bonds. The molecular weight excluding hydrogens is 801 g/mol. The van der Waals surface area contributed by atoms with Gasteiger partial charge in [-0.2, -0.15) is 11.3 Å². The first-order chi connectivity index (χ1) is 23.1. The number of benzene rings is 4. The van der Waals surface area contributed by atoms with Crippen LogP contribution in [-0.2, 0) is 20.1 Å². The molecule has 0 N–H and O–H groups in total. The fourth-order valence-electron chi connectivity index (χ4n) is 5.78. The van der Waals surface area contributed by atoms with Crippen LogP contribution in [0.2, 0.25) is 19.6 Å². The maximum absolute atomic E-state index is 8.70. The van der Waals surface area contributed by atoms with E-state index in [4.69, 9.17) is 12.5 Å². The molecule has 0 atom stereocenters. The number of ether oxygens (including phenoxy) is 1. The van der Waals surface area contributed by atoms with Crippen LogP contribution in [0.1, 0.15) is 53.4 Å². The molecular formula is C42H42IrN2OSSi-2. The number of pyridine rings is 2. The monoisotopic (exact) mass is 845 g/mol. The molecule has 0 aliphatic heterocycles. The van der Waals surface area contributed by atoms with Crippen LogP contribution in [0.4, 0.5) is 0 Å². The molecule has 3 heterocycles. The second-order valence-corrected chi connectivity index (χ2v) is 19.4. The third-order valence-corrected chi connectivity index (χ3v) is 11.8. The molecule has 3 aromatic heterocycles. The number of thiophene rings is 1. The van der Waals surface area contributed by atoms with Gasteiger partial charge in [0.2, 0.25) is 0 Å². The molecule has 247 valence electrons. The smallest absolute Gasteiger partial charge is 0.119 e. The van der Waals surface area contributed by atoms with Gasteiger partial charge in [0.25, 0.3) is 0 Å². The molecule has 0 aliphatic rings. The zero-order valence-corrected chi connectivity index (χ0v) is 33.0. The summed E-state index contributed by atoms with van der Waals surface area (Å²) in [7, 11) is 0.458. The number of nitrogens with zero attached hydrogens (tertiary/aromatic N) is 2. The van der Waals surface area contributed by atoms with Crippen LogP contribution in [0, 0.1) is 12.1 Å². The summed E-state index contributed by atoms with van der Waals surface area (Å²) in [4.78, 5) is 9.27. The zero-order chi connectivity index (χ0) is 35.1. The van der Waals surface area contributed by atoms with Gasteiger partial charge in [-0.25, -0.2) is 0 Å². The summed E-state index contributed by atoms with van der Waals surface area (Å²) in [6.07, 6.45) is 3.79. The van der Waals surface area contributed by atoms with E-state index in [1.807, 2.05) is 76.4 Å². The minimum atomic E-state index is -1.23. The minimum absolute atomic E-state index is 0. The fraction of sp³-hybridized carbons (Fsp3) is 0.238. The van der Waals surface area contributed by atoms with Crippen LogP contribution in [-0.4, -0.2) is 25.2 Å². The van der Waals surface area contributed by atoms with E-state index in [1.54, 1.807) is 24.6 Å². The Balaban J connectivity index is 0.000000241. The van der Waals surface area contributed by atoms with E-state index in [0.29, 0.717) is 0 Å². The summed E-state index contributed by atoms with van der Waals surface area (Å²) < 4.78 is 25.0. The quantitative estimate of drug-likeness (QED) is 0.124. The Morgan fingerprint density at radius 1 is 0.729 bits per heavy atom. The molecule has 0 spiro atoms. The van der Waals surface area contributed by atoms with Crippen molar-refractivity contribution in [2.75, 3.05) is 7.11 Å². The van der Waals surface area contributed by atoms with Crippen molar-refractivity contribution in [3.8, 4) is 28.3 Å². The summed E-state index contributed by atoms with van der Waals surface area (Å²) in [5.41, 5.74) is 5.41. The SMILES string of the molecule is C[Si](C)(C)c1ccc(-c2[c-]cccc2)nc1.[2H]C(C)(C)c1cnc(-c2[c-]ccc3c2sc2c4ccc(OC)cc4ccc32)cc1C([2H])(C)C.[Ir]. The Morgan fingerprint density at radius 3 is 2.10 bits per heavy atom. The van der Waals surface area contributed by atoms with E-state index >= 15 is 0 Å². The van der Waals surface area contributed by atoms with Gasteiger partial charge in [-0.05, 0) is 78.5 Å². The number of methoxy groups -OCH3 is 1. The normalized spacial score (nSPS) is 12.6. The Hall–Kier alpha value is -3.67. The summed E-state index contributed by atoms with van der Waals surface area (Å²) in [5, 5.41) is 6.14. The average molecular weight is 845 g/mol. The molecule has 7 rings (SSSR count). The van der Waals surface area contributed by atoms with E-state index in [0.717, 1.165) is 49.5 Å². The van der Waals surface area contributed by atoms with Gasteiger partial charge in [0.15, 0.2) is 0 Å². The van der Waals surface area contributed by atoms with Crippen LogP contribution >= 0.6 is 11.3 Å². The number of hydrogen-bond acceptors (Lipinski definition) is 4. The summed E-state index contributed by atoms with van der Waals surface area (Å²) in [6, 6.07) is 35.4. The molecule has 3 nitrogen and oxygen atoms in total. The van der Waals surface area contributed by atoms with E-state index in [2.05, 4.69) is 79.2 Å². The molecule has 6 heteroatoms. The predicted octanol–water partition coefficient (Wildman–Crippen LogP) is 11.4. The zero-order valence-electron chi connectivity index (χ0n) is 30.8. The largest absolute Gasteiger partial charge is 0.497 e. The van der Waals surface area contributed by atoms with E-state index in [9.17, 15) is 0 Å². The topological polar surface area (TPSA) is 35.0 Å². The molecule has 0 saturated carbocycles. The van der Waals surface area contributed by atoms with Crippen molar-refractivity contribution in [1.29, 1.82) is 0 Å². The van der Waals surface area contributed by atoms with E-state index < -0.39 is 19.9 Å². The molecule has 4 aromatic carbocycles. The molecule has 0 bridgehead atoms. The van der Waals surface area contributed by atoms with Gasteiger partial charge in [0, 0.05) is 39.9 Å². The van der Waals surface area contributed by atoms with Gasteiger partial charge < -0.3 is 14.7 Å². The standard InChI is InChI=1S/C28H26NOS.C14H16NSi.Ir/c1-16(2)24-14-26(29-15-25(24)17(3)4)23-8-6-7-21-22-11-9-18-13-19(30-5)10-12-20(18)27(22)31-28(21)23;1-16(2,3)13-9-10-14(15-11-13)12-7-5-4-6-8-12;/h6-7,9-17H,1-5H3;4-7,9-11H,1-3H3;/q2*-1;/i16D,17D;;. The van der Waals surface area contributed by atoms with Crippen LogP contribution in [0.15, 0.2) is 97.3 Å². The van der Waals surface area contributed by atoms with Gasteiger partial charge >= 0.3 is 0 Å². The second-order valence-electron chi connectivity index (χ2n) is 13.3. The van der Waals surface area contributed by atoms with Crippen molar-refractivity contribution in [3.63, 3.8) is 0 Å². The van der Waals surface area contributed by atoms with Crippen molar-refractivity contribution in [2.45, 2.75) is 59.1 Å². The summed E-state index contributed by atoms with van der Waals surface area (Å²) in [5.74, 6) is -0.814. The Bertz CT molecular complexity index is 2270. The molecule has 7 aromatic rings. The first kappa shape index (κ1) is 32.9. The van der Waals surface area contributed by atoms with Gasteiger partial charge in [0.1, 0.15) is 5.75 Å². The van der Waals surface area contributed by atoms with Crippen molar-refractivity contribution in [3.05, 3.63) is 121 Å². The van der Waals surface area contributed by atoms with Crippen LogP contribution in [0.25, 0.3) is 53.5 Å². The Morgan fingerprint density at radius 2 is 1.46 bits per heavy atom. The number of hydrogen-bond donors (Lipinski definition) is 0. The van der Waals surface area contributed by atoms with Crippen molar-refractivity contribution < 1.29 is 27.6 Å². The summed E-state index contributed by atoms with van der Waals surface area (Å²) >= 11 is 1.75. The Kier molecular flexibility index (Phi) is 10.2. The predicted molar refractivity (Wildman–Crippen MR) is 205 cm³/mol. The van der Waals surface area contributed by atoms with Crippen molar-refractivity contribution in [2.24, 2.45) is 0 Å². The third-order valence-electron chi connectivity index (χ3n) is 8.47. The maximum Gasteiger partial charge on any atom is 0.119 e. The molecule has 1 radical (unpaired) electrons. The Labute approximate surface area is 306 Å². The fourth-order valence-corrected chi connectivity index (χ4v) is 8.15. The van der Waals surface area contributed by atoms with Gasteiger partial charge in [-0.15, -0.1) is 59.7 Å². The van der Waals surface area contributed by atoms with E-state index in [-0.39, 0.29) is 20.1 Å². The molecule has 48 heavy (non-hydrogen) atoms. The van der Waals surface area contributed by atoms with Gasteiger partial charge in [0.05, 0.1) is 15.2 Å². The molecule has 0 saturated heterocycles. The van der Waals surface area contributed by atoms with Crippen LogP contribution < -0.4 is 9.92 Å². The first-order valence-electron chi connectivity index (χ1n) is 16.9. The number of aromatic nitrogens is 2. The third kappa shape index (κ3) is 7.33. The minimum Gasteiger partial charge on any atom is -0.497 e. The number of rotatable bonds is 6. The molecule has 0 fully saturated rings. The van der Waals surface area contributed by atoms with Crippen molar-refractivity contribution >= 4 is 55.5 Å². The van der Waals surface area contributed by atoms with E-state index in [1.165, 1.54) is 26.0 Å². The first-order valence-corrected chi connectivity index (χ1v) is 20.3.